The summed E-state index contributed by atoms with van der Waals surface area (Å²) in [6.07, 6.45) is 10.2. The van der Waals surface area contributed by atoms with Crippen LogP contribution in [-0.2, 0) is 33.3 Å². The van der Waals surface area contributed by atoms with Gasteiger partial charge < -0.3 is 38.6 Å². The van der Waals surface area contributed by atoms with Gasteiger partial charge >= 0.3 is 24.1 Å². The summed E-state index contributed by atoms with van der Waals surface area (Å²) in [5.74, 6) is 1.53. The van der Waals surface area contributed by atoms with Crippen LogP contribution in [0.25, 0.3) is 0 Å². The Bertz CT molecular complexity index is 915. The highest BCUT2D eigenvalue weighted by Gasteiger charge is 2.30. The zero-order valence-electron chi connectivity index (χ0n) is 26.5. The molecular weight excluding hydrogens is 548 g/mol. The second-order valence-corrected chi connectivity index (χ2v) is 11.8. The maximum Gasteiger partial charge on any atom is 0.410 e. The van der Waals surface area contributed by atoms with Crippen LogP contribution in [0.5, 0.6) is 0 Å². The first-order valence-electron chi connectivity index (χ1n) is 14.0. The molecule has 0 aromatic carbocycles. The van der Waals surface area contributed by atoms with E-state index in [9.17, 15) is 19.2 Å². The van der Waals surface area contributed by atoms with E-state index in [2.05, 4.69) is 15.9 Å². The molecule has 2 aliphatic heterocycles. The van der Waals surface area contributed by atoms with E-state index < -0.39 is 23.1 Å². The van der Waals surface area contributed by atoms with Crippen molar-refractivity contribution in [2.24, 2.45) is 11.8 Å². The lowest BCUT2D eigenvalue weighted by molar-refractivity contribution is -0.135. The first-order chi connectivity index (χ1) is 19.5. The molecule has 2 aliphatic rings. The Kier molecular flexibility index (Phi) is 18.0. The molecule has 2 heterocycles. The zero-order chi connectivity index (χ0) is 32.3. The van der Waals surface area contributed by atoms with Crippen molar-refractivity contribution < 1.29 is 48.0 Å². The Morgan fingerprint density at radius 1 is 0.857 bits per heavy atom. The van der Waals surface area contributed by atoms with Crippen LogP contribution in [0, 0.1) is 24.2 Å². The van der Waals surface area contributed by atoms with Crippen molar-refractivity contribution in [2.45, 2.75) is 78.4 Å². The third-order valence-corrected chi connectivity index (χ3v) is 5.86. The van der Waals surface area contributed by atoms with Crippen LogP contribution in [0.4, 0.5) is 9.59 Å². The van der Waals surface area contributed by atoms with Gasteiger partial charge in [-0.25, -0.2) is 19.2 Å². The van der Waals surface area contributed by atoms with Gasteiger partial charge in [-0.15, -0.1) is 6.42 Å². The summed E-state index contributed by atoms with van der Waals surface area (Å²) in [7, 11) is 2.55. The lowest BCUT2D eigenvalue weighted by atomic mass is 10.1. The molecule has 0 bridgehead atoms. The van der Waals surface area contributed by atoms with Gasteiger partial charge in [0.25, 0.3) is 0 Å². The number of carbonyl (C=O) groups excluding carboxylic acids is 4. The number of aliphatic hydroxyl groups excluding tert-OH is 1. The van der Waals surface area contributed by atoms with Gasteiger partial charge in [0.05, 0.1) is 33.2 Å². The third kappa shape index (κ3) is 18.8. The van der Waals surface area contributed by atoms with Crippen LogP contribution in [0.15, 0.2) is 12.3 Å². The number of terminal acetylenes is 1. The molecular formula is C30H50N2O10. The minimum Gasteiger partial charge on any atom is -0.501 e. The molecule has 0 unspecified atom stereocenters. The van der Waals surface area contributed by atoms with Crippen molar-refractivity contribution >= 4 is 24.1 Å². The zero-order valence-corrected chi connectivity index (χ0v) is 26.5. The van der Waals surface area contributed by atoms with Crippen LogP contribution in [0.1, 0.15) is 67.2 Å². The average molecular weight is 599 g/mol. The second-order valence-electron chi connectivity index (χ2n) is 11.8. The van der Waals surface area contributed by atoms with Gasteiger partial charge in [-0.2, -0.15) is 0 Å². The molecule has 2 atom stereocenters. The number of ether oxygens (including phenoxy) is 5. The summed E-state index contributed by atoms with van der Waals surface area (Å²) in [5.41, 5.74) is -0.886. The van der Waals surface area contributed by atoms with Crippen LogP contribution in [0.3, 0.4) is 0 Å². The predicted molar refractivity (Wildman–Crippen MR) is 156 cm³/mol. The average Bonchev–Trinajstić information content (AvgIpc) is 3.57. The molecule has 12 nitrogen and oxygen atoms in total. The smallest absolute Gasteiger partial charge is 0.410 e. The van der Waals surface area contributed by atoms with Crippen LogP contribution >= 0.6 is 0 Å². The fourth-order valence-corrected chi connectivity index (χ4v) is 3.84. The Balaban J connectivity index is 0.000000695. The van der Waals surface area contributed by atoms with Gasteiger partial charge in [-0.05, 0) is 79.1 Å². The van der Waals surface area contributed by atoms with E-state index in [0.29, 0.717) is 25.0 Å². The fourth-order valence-electron chi connectivity index (χ4n) is 3.84. The lowest BCUT2D eigenvalue weighted by Gasteiger charge is -2.24. The Morgan fingerprint density at radius 3 is 1.69 bits per heavy atom. The van der Waals surface area contributed by atoms with Gasteiger partial charge in [0, 0.05) is 38.7 Å². The normalized spacial score (nSPS) is 18.1. The Morgan fingerprint density at radius 2 is 1.33 bits per heavy atom. The molecule has 0 aromatic rings. The molecule has 2 fully saturated rings. The maximum absolute atomic E-state index is 11.9. The van der Waals surface area contributed by atoms with Crippen molar-refractivity contribution in [1.29, 1.82) is 0 Å². The minimum atomic E-state index is -0.630. The van der Waals surface area contributed by atoms with Crippen molar-refractivity contribution in [2.75, 3.05) is 53.6 Å². The van der Waals surface area contributed by atoms with Gasteiger partial charge in [0.1, 0.15) is 11.2 Å². The number of carbonyl (C=O) groups is 4. The third-order valence-electron chi connectivity index (χ3n) is 5.86. The molecule has 0 saturated carbocycles. The van der Waals surface area contributed by atoms with E-state index >= 15 is 0 Å². The summed E-state index contributed by atoms with van der Waals surface area (Å²) in [5, 5.41) is 8.80. The number of methoxy groups -OCH3 is 2. The van der Waals surface area contributed by atoms with E-state index in [0.717, 1.165) is 45.3 Å². The number of hydrogen-bond donors (Lipinski definition) is 1. The molecule has 2 amide bonds. The van der Waals surface area contributed by atoms with E-state index in [1.54, 1.807) is 15.7 Å². The summed E-state index contributed by atoms with van der Waals surface area (Å²) in [4.78, 5) is 47.6. The fraction of sp³-hybridized carbons (Fsp3) is 0.733. The molecule has 0 aliphatic carbocycles. The van der Waals surface area contributed by atoms with Crippen molar-refractivity contribution in [3.63, 3.8) is 0 Å². The molecule has 2 rings (SSSR count). The molecule has 12 heteroatoms. The molecule has 42 heavy (non-hydrogen) atoms. The first-order valence-corrected chi connectivity index (χ1v) is 14.0. The molecule has 0 aromatic heterocycles. The summed E-state index contributed by atoms with van der Waals surface area (Å²) in [6.45, 7) is 14.8. The highest BCUT2D eigenvalue weighted by Crippen LogP contribution is 2.22. The molecule has 0 radical (unpaired) electrons. The number of hydrogen-bond acceptors (Lipinski definition) is 10. The first kappa shape index (κ1) is 38.5. The van der Waals surface area contributed by atoms with Gasteiger partial charge in [-0.3, -0.25) is 0 Å². The SMILES string of the molecule is C#CC(=O)OC.CC(C)(C)OC(=O)N1CC[C@@H](CCO)C1.COC(=O)C=COCC[C@@H]1CCN(C(=O)OC(C)(C)C)C1. The van der Waals surface area contributed by atoms with Crippen molar-refractivity contribution in [1.82, 2.24) is 9.80 Å². The lowest BCUT2D eigenvalue weighted by Crippen LogP contribution is -2.35. The van der Waals surface area contributed by atoms with E-state index in [1.165, 1.54) is 26.6 Å². The summed E-state index contributed by atoms with van der Waals surface area (Å²) in [6, 6.07) is 0. The minimum absolute atomic E-state index is 0.201. The molecule has 240 valence electrons. The van der Waals surface area contributed by atoms with E-state index in [1.807, 2.05) is 41.5 Å². The topological polar surface area (TPSA) is 141 Å². The number of esters is 2. The Hall–Kier alpha value is -3.46. The highest BCUT2D eigenvalue weighted by molar-refractivity contribution is 5.87. The predicted octanol–water partition coefficient (Wildman–Crippen LogP) is 3.76. The van der Waals surface area contributed by atoms with Crippen molar-refractivity contribution in [3.8, 4) is 12.3 Å². The Labute approximate surface area is 250 Å². The summed E-state index contributed by atoms with van der Waals surface area (Å²) >= 11 is 0. The van der Waals surface area contributed by atoms with Gasteiger partial charge in [0.15, 0.2) is 0 Å². The standard InChI is InChI=1S/C15H25NO5.C11H21NO3.C4H4O2/c1-15(2,3)21-14(18)16-8-5-12(11-16)6-9-20-10-7-13(17)19-4;1-11(2,3)15-10(14)12-6-4-9(8-12)5-7-13;1-3-4(5)6-2/h7,10,12H,5-6,8-9,11H2,1-4H3;9,13H,4-8H2,1-3H3;1H,2H3/t12-;9-;/m00./s1. The van der Waals surface area contributed by atoms with Crippen LogP contribution in [0.2, 0.25) is 0 Å². The quantitative estimate of drug-likeness (QED) is 0.0876. The molecule has 0 spiro atoms. The second kappa shape index (κ2) is 19.6. The highest BCUT2D eigenvalue weighted by atomic mass is 16.6. The van der Waals surface area contributed by atoms with Gasteiger partial charge in [-0.1, -0.05) is 0 Å². The van der Waals surface area contributed by atoms with Gasteiger partial charge in [0.2, 0.25) is 0 Å². The number of aliphatic hydroxyl groups is 1. The largest absolute Gasteiger partial charge is 0.501 e. The number of nitrogens with zero attached hydrogens (tertiary/aromatic N) is 2. The number of likely N-dealkylation sites (tertiary alicyclic amines) is 2. The monoisotopic (exact) mass is 598 g/mol. The van der Waals surface area contributed by atoms with E-state index in [-0.39, 0.29) is 18.8 Å². The maximum atomic E-state index is 11.9. The number of amides is 2. The van der Waals surface area contributed by atoms with E-state index in [4.69, 9.17) is 19.3 Å². The molecule has 2 saturated heterocycles. The van der Waals surface area contributed by atoms with Crippen LogP contribution < -0.4 is 0 Å². The van der Waals surface area contributed by atoms with Crippen molar-refractivity contribution in [3.05, 3.63) is 12.3 Å². The summed E-state index contributed by atoms with van der Waals surface area (Å²) < 4.78 is 24.3. The van der Waals surface area contributed by atoms with Crippen LogP contribution in [-0.4, -0.2) is 104 Å². The molecule has 1 N–H and O–H groups in total. The number of rotatable bonds is 7.